The lowest BCUT2D eigenvalue weighted by atomic mass is 10.0. The molecule has 4 aromatic heterocycles. The van der Waals surface area contributed by atoms with E-state index in [0.29, 0.717) is 51.5 Å². The predicted molar refractivity (Wildman–Crippen MR) is 238 cm³/mol. The van der Waals surface area contributed by atoms with Gasteiger partial charge in [-0.05, 0) is 50.2 Å². The number of H-pyrrole nitrogens is 2. The summed E-state index contributed by atoms with van der Waals surface area (Å²) in [6.07, 6.45) is 7.00. The van der Waals surface area contributed by atoms with Crippen LogP contribution >= 0.6 is 0 Å². The van der Waals surface area contributed by atoms with Crippen LogP contribution in [0.15, 0.2) is 180 Å². The molecule has 0 radical (unpaired) electrons. The number of rotatable bonds is 10. The van der Waals surface area contributed by atoms with Crippen LogP contribution in [0, 0.1) is 0 Å². The van der Waals surface area contributed by atoms with Gasteiger partial charge in [0.05, 0.1) is 45.4 Å². The van der Waals surface area contributed by atoms with E-state index in [1.807, 2.05) is 144 Å². The van der Waals surface area contributed by atoms with E-state index in [1.165, 1.54) is 0 Å². The molecule has 59 heavy (non-hydrogen) atoms. The van der Waals surface area contributed by atoms with Crippen molar-refractivity contribution in [3.63, 3.8) is 0 Å². The van der Waals surface area contributed by atoms with E-state index >= 15 is 0 Å². The minimum Gasteiger partial charge on any atom is -0.490 e. The van der Waals surface area contributed by atoms with Crippen molar-refractivity contribution in [2.45, 2.75) is 32.5 Å². The SMILES string of the molecule is CC(CC(C)Oc1ccccc1-c1c[nH]cc(-n2c3ccccc3c3ccccc32)c1=O)Oc1ccccc1-c1c[nH]cc(-n2c3ccccc3c3ccccc32)c1=O. The van der Waals surface area contributed by atoms with Crippen molar-refractivity contribution in [1.29, 1.82) is 0 Å². The van der Waals surface area contributed by atoms with Crippen molar-refractivity contribution in [1.82, 2.24) is 19.1 Å². The second kappa shape index (κ2) is 14.7. The molecule has 2 unspecified atom stereocenters. The second-order valence-electron chi connectivity index (χ2n) is 15.0. The van der Waals surface area contributed by atoms with E-state index in [4.69, 9.17) is 9.47 Å². The van der Waals surface area contributed by atoms with Gasteiger partial charge in [-0.15, -0.1) is 0 Å². The predicted octanol–water partition coefficient (Wildman–Crippen LogP) is 11.2. The Kier molecular flexibility index (Phi) is 8.94. The number of pyridine rings is 2. The highest BCUT2D eigenvalue weighted by molar-refractivity contribution is 6.10. The first-order chi connectivity index (χ1) is 29.0. The summed E-state index contributed by atoms with van der Waals surface area (Å²) in [6, 6.07) is 47.9. The van der Waals surface area contributed by atoms with Crippen LogP contribution in [0.5, 0.6) is 11.5 Å². The molecule has 0 saturated heterocycles. The van der Waals surface area contributed by atoms with Crippen molar-refractivity contribution in [3.8, 4) is 45.1 Å². The van der Waals surface area contributed by atoms with Gasteiger partial charge in [-0.25, -0.2) is 0 Å². The number of fused-ring (bicyclic) bond motifs is 6. The van der Waals surface area contributed by atoms with Crippen molar-refractivity contribution in [2.24, 2.45) is 0 Å². The maximum atomic E-state index is 14.4. The molecule has 0 aliphatic rings. The molecule has 0 amide bonds. The molecule has 2 atom stereocenters. The summed E-state index contributed by atoms with van der Waals surface area (Å²) in [7, 11) is 0. The average Bonchev–Trinajstić information content (AvgIpc) is 3.77. The maximum Gasteiger partial charge on any atom is 0.213 e. The average molecular weight is 773 g/mol. The van der Waals surface area contributed by atoms with E-state index < -0.39 is 0 Å². The quantitative estimate of drug-likeness (QED) is 0.145. The Morgan fingerprint density at radius 3 is 1.12 bits per heavy atom. The van der Waals surface area contributed by atoms with Crippen LogP contribution in [0.2, 0.25) is 0 Å². The highest BCUT2D eigenvalue weighted by Gasteiger charge is 2.22. The fourth-order valence-electron chi connectivity index (χ4n) is 8.62. The lowest BCUT2D eigenvalue weighted by molar-refractivity contribution is 0.131. The molecule has 8 heteroatoms. The first-order valence-electron chi connectivity index (χ1n) is 19.9. The molecular weight excluding hydrogens is 733 g/mol. The minimum atomic E-state index is -0.278. The van der Waals surface area contributed by atoms with E-state index in [2.05, 4.69) is 34.2 Å². The molecule has 0 saturated carbocycles. The zero-order valence-electron chi connectivity index (χ0n) is 32.6. The topological polar surface area (TPSA) is 94.0 Å². The Hall–Kier alpha value is -7.58. The molecule has 0 aliphatic carbocycles. The van der Waals surface area contributed by atoms with Crippen LogP contribution in [-0.4, -0.2) is 31.3 Å². The Balaban J connectivity index is 0.920. The van der Waals surface area contributed by atoms with Gasteiger partial charge in [-0.1, -0.05) is 109 Å². The summed E-state index contributed by atoms with van der Waals surface area (Å²) >= 11 is 0. The van der Waals surface area contributed by atoms with Crippen LogP contribution < -0.4 is 20.3 Å². The van der Waals surface area contributed by atoms with E-state index in [-0.39, 0.29) is 23.1 Å². The van der Waals surface area contributed by atoms with Gasteiger partial charge < -0.3 is 28.6 Å². The first kappa shape index (κ1) is 35.8. The molecule has 4 heterocycles. The fourth-order valence-corrected chi connectivity index (χ4v) is 8.62. The summed E-state index contributed by atoms with van der Waals surface area (Å²) < 4.78 is 17.3. The van der Waals surface area contributed by atoms with Crippen LogP contribution in [0.4, 0.5) is 0 Å². The fraction of sp³-hybridized carbons (Fsp3) is 0.0980. The van der Waals surface area contributed by atoms with Gasteiger partial charge in [0, 0.05) is 63.9 Å². The number of aromatic nitrogens is 4. The molecule has 0 bridgehead atoms. The summed E-state index contributed by atoms with van der Waals surface area (Å²) in [6.45, 7) is 4.00. The Bertz CT molecular complexity index is 2990. The van der Waals surface area contributed by atoms with Crippen molar-refractivity contribution in [3.05, 3.63) is 191 Å². The lowest BCUT2D eigenvalue weighted by Gasteiger charge is -2.23. The molecule has 6 aromatic carbocycles. The number of hydrogen-bond acceptors (Lipinski definition) is 4. The Morgan fingerprint density at radius 2 is 0.746 bits per heavy atom. The third-order valence-corrected chi connectivity index (χ3v) is 11.2. The molecule has 0 fully saturated rings. The Morgan fingerprint density at radius 1 is 0.424 bits per heavy atom. The van der Waals surface area contributed by atoms with Crippen molar-refractivity contribution in [2.75, 3.05) is 0 Å². The van der Waals surface area contributed by atoms with Gasteiger partial charge in [0.15, 0.2) is 0 Å². The van der Waals surface area contributed by atoms with E-state index in [0.717, 1.165) is 43.6 Å². The first-order valence-corrected chi connectivity index (χ1v) is 19.9. The van der Waals surface area contributed by atoms with Crippen molar-refractivity contribution < 1.29 is 9.47 Å². The third kappa shape index (κ3) is 6.17. The smallest absolute Gasteiger partial charge is 0.213 e. The molecule has 288 valence electrons. The summed E-state index contributed by atoms with van der Waals surface area (Å²) in [5, 5.41) is 4.35. The number of nitrogens with one attached hydrogen (secondary N) is 2. The summed E-state index contributed by atoms with van der Waals surface area (Å²) in [5.74, 6) is 1.21. The summed E-state index contributed by atoms with van der Waals surface area (Å²) in [4.78, 5) is 35.3. The number of hydrogen-bond donors (Lipinski definition) is 2. The number of benzene rings is 6. The minimum absolute atomic E-state index is 0.107. The largest absolute Gasteiger partial charge is 0.490 e. The summed E-state index contributed by atoms with van der Waals surface area (Å²) in [5.41, 5.74) is 7.12. The van der Waals surface area contributed by atoms with Gasteiger partial charge in [0.1, 0.15) is 22.9 Å². The van der Waals surface area contributed by atoms with Crippen LogP contribution in [0.3, 0.4) is 0 Å². The number of aromatic amines is 2. The van der Waals surface area contributed by atoms with Gasteiger partial charge in [0.25, 0.3) is 0 Å². The molecule has 10 rings (SSSR count). The maximum absolute atomic E-state index is 14.4. The zero-order chi connectivity index (χ0) is 40.0. The third-order valence-electron chi connectivity index (χ3n) is 11.2. The molecule has 10 aromatic rings. The molecule has 2 N–H and O–H groups in total. The van der Waals surface area contributed by atoms with E-state index in [1.54, 1.807) is 24.8 Å². The monoisotopic (exact) mass is 772 g/mol. The van der Waals surface area contributed by atoms with Gasteiger partial charge in [0.2, 0.25) is 10.9 Å². The number of para-hydroxylation sites is 6. The van der Waals surface area contributed by atoms with Crippen LogP contribution in [-0.2, 0) is 0 Å². The molecule has 0 aliphatic heterocycles. The second-order valence-corrected chi connectivity index (χ2v) is 15.0. The Labute approximate surface area is 339 Å². The van der Waals surface area contributed by atoms with Gasteiger partial charge in [-0.3, -0.25) is 9.59 Å². The van der Waals surface area contributed by atoms with Crippen LogP contribution in [0.1, 0.15) is 20.3 Å². The van der Waals surface area contributed by atoms with E-state index in [9.17, 15) is 9.59 Å². The normalized spacial score (nSPS) is 12.6. The van der Waals surface area contributed by atoms with Gasteiger partial charge >= 0.3 is 0 Å². The molecule has 8 nitrogen and oxygen atoms in total. The molecule has 0 spiro atoms. The zero-order valence-corrected chi connectivity index (χ0v) is 32.6. The highest BCUT2D eigenvalue weighted by atomic mass is 16.5. The van der Waals surface area contributed by atoms with Gasteiger partial charge in [-0.2, -0.15) is 0 Å². The van der Waals surface area contributed by atoms with Crippen molar-refractivity contribution >= 4 is 43.6 Å². The molecular formula is C51H40N4O4. The standard InChI is InChI=1S/C51H40N4O4/c1-32(58-48-25-13-7-19-38(48)40-28-52-30-46(50(40)56)54-42-21-9-3-15-34(42)35-16-4-10-22-43(35)54)27-33(2)59-49-26-14-8-20-39(49)41-29-53-31-47(51(41)57)55-44-23-11-5-17-36(44)37-18-6-12-24-45(37)55/h3-26,28-33H,27H2,1-2H3,(H,52,56)(H,53,57). The van der Waals surface area contributed by atoms with Crippen LogP contribution in [0.25, 0.3) is 77.2 Å². The highest BCUT2D eigenvalue weighted by Crippen LogP contribution is 2.35. The number of nitrogens with zero attached hydrogens (tertiary/aromatic N) is 2. The lowest BCUT2D eigenvalue weighted by Crippen LogP contribution is -2.23. The number of ether oxygens (including phenoxy) is 2.